The number of carbonyl (C=O) groups excluding carboxylic acids is 4. The van der Waals surface area contributed by atoms with Crippen LogP contribution < -0.4 is 10.6 Å². The molecule has 0 radical (unpaired) electrons. The fraction of sp³-hybridized carbons (Fsp3) is 0.333. The van der Waals surface area contributed by atoms with Gasteiger partial charge in [0.1, 0.15) is 12.6 Å². The smallest absolute Gasteiger partial charge is 0.407 e. The summed E-state index contributed by atoms with van der Waals surface area (Å²) in [7, 11) is 1.31. The largest absolute Gasteiger partial charge is 0.467 e. The highest BCUT2D eigenvalue weighted by molar-refractivity contribution is 8.00. The molecule has 5 aromatic rings. The number of ketones is 1. The van der Waals surface area contributed by atoms with Crippen LogP contribution >= 0.6 is 11.8 Å². The van der Waals surface area contributed by atoms with Crippen molar-refractivity contribution >= 4 is 35.5 Å². The number of fused-ring (bicyclic) bond motifs is 3. The van der Waals surface area contributed by atoms with E-state index in [1.54, 1.807) is 11.8 Å². The first-order valence-electron chi connectivity index (χ1n) is 21.0. The average molecular weight is 825 g/mol. The van der Waals surface area contributed by atoms with Gasteiger partial charge >= 0.3 is 12.1 Å². The van der Waals surface area contributed by atoms with Gasteiger partial charge in [0.2, 0.25) is 5.91 Å². The summed E-state index contributed by atoms with van der Waals surface area (Å²) in [6.45, 7) is 7.82. The fourth-order valence-electron chi connectivity index (χ4n) is 8.20. The fourth-order valence-corrected chi connectivity index (χ4v) is 9.83. The molecule has 5 atom stereocenters. The van der Waals surface area contributed by atoms with E-state index in [0.29, 0.717) is 12.8 Å². The quantitative estimate of drug-likeness (QED) is 0.0630. The Balaban J connectivity index is 1.29. The summed E-state index contributed by atoms with van der Waals surface area (Å²) in [5.41, 5.74) is 7.46. The van der Waals surface area contributed by atoms with Crippen LogP contribution in [0.1, 0.15) is 80.7 Å². The molecule has 0 aromatic heterocycles. The molecule has 1 aliphatic carbocycles. The molecule has 0 fully saturated rings. The lowest BCUT2D eigenvalue weighted by Crippen LogP contribution is -2.50. The summed E-state index contributed by atoms with van der Waals surface area (Å²) in [4.78, 5) is 55.9. The number of methoxy groups -OCH3 is 1. The maximum Gasteiger partial charge on any atom is 0.407 e. The molecule has 2 amide bonds. The van der Waals surface area contributed by atoms with E-state index in [2.05, 4.69) is 71.3 Å². The van der Waals surface area contributed by atoms with E-state index in [4.69, 9.17) is 9.47 Å². The van der Waals surface area contributed by atoms with Crippen molar-refractivity contribution < 1.29 is 28.7 Å². The normalized spacial score (nSPS) is 14.7. The van der Waals surface area contributed by atoms with Crippen molar-refractivity contribution in [3.05, 3.63) is 167 Å². The summed E-state index contributed by atoms with van der Waals surface area (Å²) < 4.78 is 10.3. The Kier molecular flexibility index (Phi) is 15.0. The molecule has 0 saturated heterocycles. The van der Waals surface area contributed by atoms with E-state index in [-0.39, 0.29) is 42.3 Å². The first-order valence-corrected chi connectivity index (χ1v) is 21.9. The molecule has 60 heavy (non-hydrogen) atoms. The highest BCUT2D eigenvalue weighted by Gasteiger charge is 2.40. The first-order chi connectivity index (χ1) is 29.1. The van der Waals surface area contributed by atoms with Gasteiger partial charge in [0, 0.05) is 18.1 Å². The number of alkyl carbamates (subject to hydrolysis) is 1. The molecule has 0 unspecified atom stereocenters. The maximum atomic E-state index is 14.6. The minimum absolute atomic E-state index is 0.105. The van der Waals surface area contributed by atoms with Crippen molar-refractivity contribution in [1.29, 1.82) is 0 Å². The van der Waals surface area contributed by atoms with Crippen molar-refractivity contribution in [2.75, 3.05) is 19.5 Å². The third-order valence-corrected chi connectivity index (χ3v) is 13.7. The predicted octanol–water partition coefficient (Wildman–Crippen LogP) is 9.94. The Bertz CT molecular complexity index is 2070. The second-order valence-electron chi connectivity index (χ2n) is 15.7. The van der Waals surface area contributed by atoms with Crippen LogP contribution in [0.4, 0.5) is 4.79 Å². The number of ether oxygens (including phenoxy) is 2. The molecular formula is C51H56N2O6S. The number of hydrogen-bond acceptors (Lipinski definition) is 7. The first kappa shape index (κ1) is 43.9. The maximum absolute atomic E-state index is 14.6. The number of benzene rings is 5. The SMILES string of the molecule is CC[C@H](C)[C@H](NC(=O)OCC1c2ccccc2-c2ccccc21)C(=O)C[C@@H](CSC(c1ccccc1)(c1ccccc1)c1ccccc1)C(=O)N[C@H](C(=O)OC)[C@@H](C)CC. The zero-order chi connectivity index (χ0) is 42.6. The number of carbonyl (C=O) groups is 4. The second-order valence-corrected chi connectivity index (χ2v) is 16.9. The standard InChI is InChI=1S/C51H56N2O6S/c1-6-34(3)46(53-50(57)59-32-44-42-29-19-17-27-40(42)41-28-18-20-30-43(41)44)45(54)31-36(48(55)52-47(35(4)7-2)49(56)58-5)33-60-51(37-21-11-8-12-22-37,38-23-13-9-14-24-38)39-25-15-10-16-26-39/h8-30,34-36,44,46-47H,6-7,31-33H2,1-5H3,(H,52,55)(H,53,57)/t34-,35-,36-,46-,47-/m0/s1. The van der Waals surface area contributed by atoms with Crippen LogP contribution in [-0.2, 0) is 28.6 Å². The van der Waals surface area contributed by atoms with Crippen LogP contribution in [0.15, 0.2) is 140 Å². The topological polar surface area (TPSA) is 111 Å². The van der Waals surface area contributed by atoms with Gasteiger partial charge < -0.3 is 20.1 Å². The van der Waals surface area contributed by atoms with Gasteiger partial charge in [-0.1, -0.05) is 180 Å². The van der Waals surface area contributed by atoms with Crippen molar-refractivity contribution in [2.24, 2.45) is 17.8 Å². The number of nitrogens with one attached hydrogen (secondary N) is 2. The molecule has 6 rings (SSSR count). The number of Topliss-reactive ketones (excluding diaryl/α,β-unsaturated/α-hetero) is 1. The molecule has 0 bridgehead atoms. The van der Waals surface area contributed by atoms with Crippen LogP contribution in [0, 0.1) is 17.8 Å². The van der Waals surface area contributed by atoms with Gasteiger partial charge in [-0.3, -0.25) is 9.59 Å². The zero-order valence-electron chi connectivity index (χ0n) is 35.1. The van der Waals surface area contributed by atoms with Crippen LogP contribution in [0.25, 0.3) is 11.1 Å². The molecule has 0 aliphatic heterocycles. The van der Waals surface area contributed by atoms with E-state index in [1.807, 2.05) is 107 Å². The van der Waals surface area contributed by atoms with Crippen LogP contribution in [0.5, 0.6) is 0 Å². The molecule has 0 spiro atoms. The number of thioether (sulfide) groups is 1. The van der Waals surface area contributed by atoms with Gasteiger partial charge in [-0.15, -0.1) is 11.8 Å². The summed E-state index contributed by atoms with van der Waals surface area (Å²) in [6, 6.07) is 44.9. The summed E-state index contributed by atoms with van der Waals surface area (Å²) in [6.07, 6.45) is 0.353. The van der Waals surface area contributed by atoms with E-state index < -0.39 is 40.7 Å². The van der Waals surface area contributed by atoms with Crippen molar-refractivity contribution in [2.45, 2.75) is 69.7 Å². The van der Waals surface area contributed by atoms with Gasteiger partial charge in [0.05, 0.1) is 23.8 Å². The molecule has 5 aromatic carbocycles. The van der Waals surface area contributed by atoms with Gasteiger partial charge in [-0.05, 0) is 50.8 Å². The Hall–Kier alpha value is -5.67. The van der Waals surface area contributed by atoms with Gasteiger partial charge in [0.25, 0.3) is 0 Å². The van der Waals surface area contributed by atoms with Crippen LogP contribution in [-0.4, -0.2) is 55.3 Å². The number of rotatable bonds is 19. The van der Waals surface area contributed by atoms with E-state index in [1.165, 1.54) is 7.11 Å². The number of amides is 2. The molecule has 8 nitrogen and oxygen atoms in total. The Morgan fingerprint density at radius 1 is 0.633 bits per heavy atom. The van der Waals surface area contributed by atoms with Crippen molar-refractivity contribution in [3.63, 3.8) is 0 Å². The number of hydrogen-bond donors (Lipinski definition) is 2. The Morgan fingerprint density at radius 3 is 1.55 bits per heavy atom. The van der Waals surface area contributed by atoms with Crippen molar-refractivity contribution in [1.82, 2.24) is 10.6 Å². The summed E-state index contributed by atoms with van der Waals surface area (Å²) >= 11 is 1.57. The summed E-state index contributed by atoms with van der Waals surface area (Å²) in [5, 5.41) is 5.88. The highest BCUT2D eigenvalue weighted by Crippen LogP contribution is 2.49. The van der Waals surface area contributed by atoms with Gasteiger partial charge in [-0.25, -0.2) is 9.59 Å². The molecule has 1 aliphatic rings. The molecule has 0 saturated carbocycles. The molecule has 312 valence electrons. The predicted molar refractivity (Wildman–Crippen MR) is 240 cm³/mol. The molecule has 9 heteroatoms. The Morgan fingerprint density at radius 2 is 1.08 bits per heavy atom. The lowest BCUT2D eigenvalue weighted by molar-refractivity contribution is -0.147. The van der Waals surface area contributed by atoms with Crippen molar-refractivity contribution in [3.8, 4) is 11.1 Å². The third kappa shape index (κ3) is 9.68. The average Bonchev–Trinajstić information content (AvgIpc) is 3.62. The van der Waals surface area contributed by atoms with E-state index >= 15 is 0 Å². The lowest BCUT2D eigenvalue weighted by Gasteiger charge is -2.37. The lowest BCUT2D eigenvalue weighted by atomic mass is 9.84. The molecular weight excluding hydrogens is 769 g/mol. The zero-order valence-corrected chi connectivity index (χ0v) is 36.0. The minimum atomic E-state index is -0.918. The van der Waals surface area contributed by atoms with Gasteiger partial charge in [-0.2, -0.15) is 0 Å². The second kappa shape index (κ2) is 20.5. The van der Waals surface area contributed by atoms with E-state index in [0.717, 1.165) is 38.9 Å². The minimum Gasteiger partial charge on any atom is -0.467 e. The van der Waals surface area contributed by atoms with Crippen LogP contribution in [0.3, 0.4) is 0 Å². The summed E-state index contributed by atoms with van der Waals surface area (Å²) in [5.74, 6) is -2.55. The number of esters is 1. The third-order valence-electron chi connectivity index (χ3n) is 12.0. The highest BCUT2D eigenvalue weighted by atomic mass is 32.2. The molecule has 2 N–H and O–H groups in total. The van der Waals surface area contributed by atoms with E-state index in [9.17, 15) is 19.2 Å². The van der Waals surface area contributed by atoms with Gasteiger partial charge in [0.15, 0.2) is 5.78 Å². The Labute approximate surface area is 358 Å². The molecule has 0 heterocycles. The monoisotopic (exact) mass is 824 g/mol. The van der Waals surface area contributed by atoms with Crippen LogP contribution in [0.2, 0.25) is 0 Å².